The number of hydrogen-bond acceptors (Lipinski definition) is 8. The van der Waals surface area contributed by atoms with Crippen LogP contribution in [0.15, 0.2) is 92.8 Å². The number of amidine groups is 4. The Labute approximate surface area is 397 Å². The van der Waals surface area contributed by atoms with Gasteiger partial charge in [0.25, 0.3) is 23.3 Å². The van der Waals surface area contributed by atoms with Crippen molar-refractivity contribution in [3.63, 3.8) is 0 Å². The summed E-state index contributed by atoms with van der Waals surface area (Å²) in [5.74, 6) is 4.35. The van der Waals surface area contributed by atoms with Gasteiger partial charge in [0, 0.05) is 63.3 Å². The van der Waals surface area contributed by atoms with Gasteiger partial charge in [0.05, 0.1) is 22.3 Å². The van der Waals surface area contributed by atoms with Crippen LogP contribution in [0.1, 0.15) is 112 Å². The van der Waals surface area contributed by atoms with E-state index in [4.69, 9.17) is 20.0 Å². The SMILES string of the molecule is CC(C)(C)Cc1ccc(C2=CC3=[N+]4C2=Nc2cc(-c5ccc(CC(C)(C)C)s5)c5n2C42n4c(cc(-c6ccc(CC(C)(C)C)s6)c4=N3)=NC3=[N+]2C(=N5)C=C3c2ccc(CC(C)(C)C)s2)s1. The van der Waals surface area contributed by atoms with E-state index in [0.29, 0.717) is 0 Å². The first-order chi connectivity index (χ1) is 30.6. The summed E-state index contributed by atoms with van der Waals surface area (Å²) in [5, 5.41) is 0. The molecule has 1 spiro atoms. The van der Waals surface area contributed by atoms with Gasteiger partial charge < -0.3 is 0 Å². The highest BCUT2D eigenvalue weighted by molar-refractivity contribution is 7.16. The average Bonchev–Trinajstić information content (AvgIpc) is 4.02. The third kappa shape index (κ3) is 6.59. The molecule has 6 aliphatic rings. The minimum absolute atomic E-state index is 0.175. The molecule has 12 heterocycles. The normalized spacial score (nSPS) is 19.3. The molecule has 12 heteroatoms. The summed E-state index contributed by atoms with van der Waals surface area (Å²) >= 11 is 7.51. The van der Waals surface area contributed by atoms with Crippen molar-refractivity contribution in [2.45, 2.75) is 115 Å². The molecule has 1 atom stereocenters. The highest BCUT2D eigenvalue weighted by Gasteiger charge is 2.68. The first-order valence-electron chi connectivity index (χ1n) is 22.9. The van der Waals surface area contributed by atoms with Crippen LogP contribution in [0.2, 0.25) is 0 Å². The first-order valence-corrected chi connectivity index (χ1v) is 26.2. The third-order valence-corrected chi connectivity index (χ3v) is 16.9. The van der Waals surface area contributed by atoms with Crippen LogP contribution >= 0.6 is 45.3 Å². The lowest BCUT2D eigenvalue weighted by Gasteiger charge is -2.40. The van der Waals surface area contributed by atoms with E-state index in [1.165, 1.54) is 39.0 Å². The van der Waals surface area contributed by atoms with Gasteiger partial charge in [-0.15, -0.1) is 54.5 Å². The van der Waals surface area contributed by atoms with Crippen molar-refractivity contribution in [3.05, 3.63) is 113 Å². The fourth-order valence-corrected chi connectivity index (χ4v) is 15.5. The zero-order valence-corrected chi connectivity index (χ0v) is 42.7. The summed E-state index contributed by atoms with van der Waals surface area (Å²) in [7, 11) is 0. The number of hydrogen-bond donors (Lipinski definition) is 0. The maximum atomic E-state index is 5.69. The van der Waals surface area contributed by atoms with Crippen LogP contribution in [-0.2, 0) is 31.6 Å². The van der Waals surface area contributed by atoms with Gasteiger partial charge in [0.2, 0.25) is 22.6 Å². The van der Waals surface area contributed by atoms with E-state index in [1.54, 1.807) is 0 Å². The Balaban J connectivity index is 1.15. The van der Waals surface area contributed by atoms with Gasteiger partial charge in [-0.05, 0) is 95.9 Å². The molecule has 8 nitrogen and oxygen atoms in total. The quantitative estimate of drug-likeness (QED) is 0.137. The lowest BCUT2D eigenvalue weighted by Crippen LogP contribution is -2.71. The summed E-state index contributed by atoms with van der Waals surface area (Å²) in [4.78, 5) is 33.1. The molecule has 0 saturated carbocycles. The minimum atomic E-state index is -1.02. The highest BCUT2D eigenvalue weighted by Crippen LogP contribution is 2.53. The van der Waals surface area contributed by atoms with Gasteiger partial charge >= 0.3 is 5.91 Å². The third-order valence-electron chi connectivity index (χ3n) is 12.4. The molecule has 0 N–H and O–H groups in total. The van der Waals surface area contributed by atoms with E-state index < -0.39 is 5.91 Å². The fraction of sp³-hybridized carbons (Fsp3) is 0.396. The van der Waals surface area contributed by atoms with Crippen molar-refractivity contribution in [3.8, 4) is 20.9 Å². The Morgan fingerprint density at radius 1 is 0.508 bits per heavy atom. The Kier molecular flexibility index (Phi) is 8.70. The molecule has 1 unspecified atom stereocenters. The molecule has 6 aromatic rings. The molecule has 330 valence electrons. The van der Waals surface area contributed by atoms with Gasteiger partial charge in [-0.3, -0.25) is 0 Å². The van der Waals surface area contributed by atoms with E-state index >= 15 is 0 Å². The second kappa shape index (κ2) is 13.6. The standard InChI is InChI=1S/C53H56N8S4/c1-49(2,3)25-29-13-17-37(62-29)33-21-41-55-46-35(39-19-15-31(64-39)27-51(7,8)9)23-43-57-48-36(40-20-16-32(65-40)28-52(10,11)12)24-44-56-47-34(38-18-14-30(63-38)26-50(4,5)6)22-42-54-45(33)58(41)53(59(42)47,60(43)46)61(44)48/h13-24H,25-28H2,1-12H3/q+2. The van der Waals surface area contributed by atoms with E-state index in [-0.39, 0.29) is 21.7 Å². The molecule has 0 saturated heterocycles. The zero-order valence-electron chi connectivity index (χ0n) is 39.5. The van der Waals surface area contributed by atoms with Gasteiger partial charge in [-0.2, -0.15) is 9.13 Å². The first kappa shape index (κ1) is 41.5. The van der Waals surface area contributed by atoms with E-state index in [2.05, 4.69) is 174 Å². The molecule has 0 bridgehead atoms. The van der Waals surface area contributed by atoms with Crippen LogP contribution in [0.4, 0.5) is 11.6 Å². The fourth-order valence-electron chi connectivity index (χ4n) is 10.2. The van der Waals surface area contributed by atoms with Gasteiger partial charge in [-0.25, -0.2) is 0 Å². The van der Waals surface area contributed by atoms with E-state index in [9.17, 15) is 0 Å². The van der Waals surface area contributed by atoms with E-state index in [0.717, 1.165) is 93.9 Å². The summed E-state index contributed by atoms with van der Waals surface area (Å²) in [6.45, 7) is 27.8. The number of nitrogens with zero attached hydrogens (tertiary/aromatic N) is 8. The lowest BCUT2D eigenvalue weighted by molar-refractivity contribution is -0.790. The van der Waals surface area contributed by atoms with Crippen LogP contribution in [-0.4, -0.2) is 41.6 Å². The van der Waals surface area contributed by atoms with Crippen LogP contribution in [0.5, 0.6) is 0 Å². The van der Waals surface area contributed by atoms with Crippen molar-refractivity contribution in [1.29, 1.82) is 0 Å². The van der Waals surface area contributed by atoms with Crippen molar-refractivity contribution in [2.24, 2.45) is 41.6 Å². The minimum Gasteiger partial charge on any atom is -0.193 e. The number of thiophene rings is 4. The molecular formula is C53H56N8S4+2. The van der Waals surface area contributed by atoms with Crippen molar-refractivity contribution >= 4 is 91.5 Å². The Morgan fingerprint density at radius 2 is 1.02 bits per heavy atom. The van der Waals surface area contributed by atoms with Crippen molar-refractivity contribution in [2.75, 3.05) is 0 Å². The zero-order chi connectivity index (χ0) is 45.3. The molecule has 0 aliphatic carbocycles. The molecule has 0 aromatic carbocycles. The summed E-state index contributed by atoms with van der Waals surface area (Å²) in [6, 6.07) is 23.0. The molecule has 6 aliphatic heterocycles. The molecule has 6 aromatic heterocycles. The molecule has 12 rings (SSSR count). The predicted molar refractivity (Wildman–Crippen MR) is 273 cm³/mol. The monoisotopic (exact) mass is 932 g/mol. The Bertz CT molecular complexity index is 3420. The number of rotatable bonds is 8. The summed E-state index contributed by atoms with van der Waals surface area (Å²) in [5.41, 5.74) is 6.90. The Morgan fingerprint density at radius 3 is 1.57 bits per heavy atom. The molecule has 65 heavy (non-hydrogen) atoms. The molecule has 0 fully saturated rings. The number of aliphatic imine (C=N–C) groups is 2. The number of aromatic nitrogens is 2. The largest absolute Gasteiger partial charge is 0.404 e. The molecular weight excluding hydrogens is 877 g/mol. The van der Waals surface area contributed by atoms with Crippen LogP contribution < -0.4 is 11.0 Å². The average molecular weight is 933 g/mol. The van der Waals surface area contributed by atoms with Crippen LogP contribution in [0.25, 0.3) is 32.0 Å². The molecule has 0 amide bonds. The van der Waals surface area contributed by atoms with Crippen molar-refractivity contribution < 1.29 is 9.15 Å². The van der Waals surface area contributed by atoms with Gasteiger partial charge in [-0.1, -0.05) is 103 Å². The maximum absolute atomic E-state index is 5.69. The summed E-state index contributed by atoms with van der Waals surface area (Å²) in [6.07, 6.45) is 8.64. The highest BCUT2D eigenvalue weighted by atomic mass is 32.1. The maximum Gasteiger partial charge on any atom is 0.404 e. The topological polar surface area (TPSA) is 65.3 Å². The van der Waals surface area contributed by atoms with E-state index in [1.807, 2.05) is 45.3 Å². The Hall–Kier alpha value is -4.88. The second-order valence-corrected chi connectivity index (χ2v) is 28.0. The van der Waals surface area contributed by atoms with Crippen molar-refractivity contribution in [1.82, 2.24) is 9.13 Å². The second-order valence-electron chi connectivity index (χ2n) is 23.4. The smallest absolute Gasteiger partial charge is 0.193 e. The van der Waals surface area contributed by atoms with Crippen LogP contribution in [0, 0.1) is 21.7 Å². The van der Waals surface area contributed by atoms with Gasteiger partial charge in [0.1, 0.15) is 0 Å². The predicted octanol–water partition coefficient (Wildman–Crippen LogP) is 12.7. The lowest BCUT2D eigenvalue weighted by atomic mass is 9.92. The van der Waals surface area contributed by atoms with Crippen LogP contribution in [0.3, 0.4) is 0 Å². The summed E-state index contributed by atoms with van der Waals surface area (Å²) < 4.78 is 9.63. The van der Waals surface area contributed by atoms with Gasteiger partial charge in [0.15, 0.2) is 0 Å². The molecule has 0 radical (unpaired) electrons.